The maximum Gasteiger partial charge on any atom is 0.274 e. The largest absolute Gasteiger partial charge is 0.285 e. The summed E-state index contributed by atoms with van der Waals surface area (Å²) >= 11 is 0. The van der Waals surface area contributed by atoms with E-state index in [4.69, 9.17) is 0 Å². The van der Waals surface area contributed by atoms with Gasteiger partial charge in [-0.1, -0.05) is 53.4 Å². The summed E-state index contributed by atoms with van der Waals surface area (Å²) in [7, 11) is -4.52. The van der Waals surface area contributed by atoms with E-state index >= 15 is 0 Å². The first kappa shape index (κ1) is 15.7. The average Bonchev–Trinajstić information content (AvgIpc) is 2.41. The number of hydrogen-bond acceptors (Lipinski definition) is 2. The van der Waals surface area contributed by atoms with Crippen molar-refractivity contribution >= 4 is 18.0 Å². The summed E-state index contributed by atoms with van der Waals surface area (Å²) < 4.78 is 33.4. The molecule has 3 nitrogen and oxygen atoms in total. The van der Waals surface area contributed by atoms with Crippen LogP contribution in [0, 0.1) is 0 Å². The molecule has 0 saturated heterocycles. The SMILES string of the molecule is CCP(C1CCCCC1)C1(S(=O)(=O)O)CCCCC1. The highest BCUT2D eigenvalue weighted by Crippen LogP contribution is 2.64. The Labute approximate surface area is 119 Å². The Morgan fingerprint density at radius 1 is 1.05 bits per heavy atom. The van der Waals surface area contributed by atoms with Crippen molar-refractivity contribution in [3.8, 4) is 0 Å². The number of rotatable bonds is 4. The molecule has 5 heteroatoms. The highest BCUT2D eigenvalue weighted by atomic mass is 32.2. The lowest BCUT2D eigenvalue weighted by atomic mass is 9.99. The molecule has 0 bridgehead atoms. The van der Waals surface area contributed by atoms with E-state index in [0.717, 1.165) is 25.4 Å². The van der Waals surface area contributed by atoms with E-state index in [2.05, 4.69) is 6.92 Å². The van der Waals surface area contributed by atoms with Gasteiger partial charge in [-0.15, -0.1) is 0 Å². The fraction of sp³-hybridized carbons (Fsp3) is 1.00. The second kappa shape index (κ2) is 6.41. The van der Waals surface area contributed by atoms with Gasteiger partial charge in [-0.3, -0.25) is 4.55 Å². The molecule has 1 N–H and O–H groups in total. The first-order chi connectivity index (χ1) is 9.01. The minimum Gasteiger partial charge on any atom is -0.285 e. The molecule has 112 valence electrons. The minimum atomic E-state index is -3.92. The molecule has 0 radical (unpaired) electrons. The van der Waals surface area contributed by atoms with Gasteiger partial charge in [-0.2, -0.15) is 8.42 Å². The van der Waals surface area contributed by atoms with E-state index in [1.54, 1.807) is 0 Å². The van der Waals surface area contributed by atoms with Crippen molar-refractivity contribution in [1.82, 2.24) is 0 Å². The van der Waals surface area contributed by atoms with Crippen molar-refractivity contribution in [2.45, 2.75) is 81.3 Å². The summed E-state index contributed by atoms with van der Waals surface area (Å²) in [5, 5.41) is 0. The van der Waals surface area contributed by atoms with E-state index in [1.807, 2.05) is 0 Å². The van der Waals surface area contributed by atoms with Crippen molar-refractivity contribution in [2.75, 3.05) is 6.16 Å². The van der Waals surface area contributed by atoms with Gasteiger partial charge < -0.3 is 0 Å². The van der Waals surface area contributed by atoms with E-state index in [-0.39, 0.29) is 0 Å². The van der Waals surface area contributed by atoms with Crippen LogP contribution in [-0.4, -0.2) is 29.3 Å². The van der Waals surface area contributed by atoms with Gasteiger partial charge in [0.15, 0.2) is 0 Å². The molecule has 0 aromatic heterocycles. The Bertz CT molecular complexity index is 381. The smallest absolute Gasteiger partial charge is 0.274 e. The van der Waals surface area contributed by atoms with Crippen molar-refractivity contribution in [3.05, 3.63) is 0 Å². The Morgan fingerprint density at radius 3 is 2.05 bits per heavy atom. The summed E-state index contributed by atoms with van der Waals surface area (Å²) in [5.74, 6) is 0. The van der Waals surface area contributed by atoms with E-state index in [9.17, 15) is 13.0 Å². The lowest BCUT2D eigenvalue weighted by Crippen LogP contribution is -2.41. The molecule has 2 aliphatic rings. The predicted molar refractivity (Wildman–Crippen MR) is 81.7 cm³/mol. The van der Waals surface area contributed by atoms with Gasteiger partial charge in [-0.25, -0.2) is 0 Å². The van der Waals surface area contributed by atoms with Gasteiger partial charge in [0.05, 0.1) is 0 Å². The van der Waals surface area contributed by atoms with Crippen LogP contribution >= 0.6 is 7.92 Å². The molecular weight excluding hydrogens is 279 g/mol. The third-order valence-corrected chi connectivity index (χ3v) is 11.3. The standard InChI is InChI=1S/C14H27O3PS/c1-2-18(13-9-5-3-6-10-13)14(19(15,16)17)11-7-4-8-12-14/h13H,2-12H2,1H3,(H,15,16,17). The third kappa shape index (κ3) is 3.16. The molecule has 0 aliphatic heterocycles. The van der Waals surface area contributed by atoms with Crippen LogP contribution in [0.15, 0.2) is 0 Å². The summed E-state index contributed by atoms with van der Waals surface area (Å²) in [6.07, 6.45) is 11.5. The lowest BCUT2D eigenvalue weighted by molar-refractivity contribution is 0.399. The van der Waals surface area contributed by atoms with Gasteiger partial charge in [0.2, 0.25) is 0 Å². The van der Waals surface area contributed by atoms with Crippen molar-refractivity contribution < 1.29 is 13.0 Å². The van der Waals surface area contributed by atoms with Crippen LogP contribution in [0.2, 0.25) is 0 Å². The monoisotopic (exact) mass is 306 g/mol. The quantitative estimate of drug-likeness (QED) is 0.620. The van der Waals surface area contributed by atoms with Crippen LogP contribution in [0.25, 0.3) is 0 Å². The zero-order valence-corrected chi connectivity index (χ0v) is 13.7. The molecule has 0 heterocycles. The second-order valence-electron chi connectivity index (χ2n) is 6.06. The van der Waals surface area contributed by atoms with Gasteiger partial charge in [0.1, 0.15) is 4.49 Å². The molecule has 0 amide bonds. The predicted octanol–water partition coefficient (Wildman–Crippen LogP) is 4.37. The highest BCUT2D eigenvalue weighted by Gasteiger charge is 2.51. The fourth-order valence-electron chi connectivity index (χ4n) is 4.07. The Balaban J connectivity index is 2.29. The number of hydrogen-bond donors (Lipinski definition) is 1. The van der Waals surface area contributed by atoms with Crippen molar-refractivity contribution in [2.24, 2.45) is 0 Å². The third-order valence-electron chi connectivity index (χ3n) is 4.99. The van der Waals surface area contributed by atoms with Crippen LogP contribution in [0.3, 0.4) is 0 Å². The normalized spacial score (nSPS) is 27.1. The second-order valence-corrected chi connectivity index (χ2v) is 11.3. The van der Waals surface area contributed by atoms with Crippen LogP contribution in [0.5, 0.6) is 0 Å². The van der Waals surface area contributed by atoms with Crippen molar-refractivity contribution in [1.29, 1.82) is 0 Å². The maximum atomic E-state index is 12.1. The Morgan fingerprint density at radius 2 is 1.58 bits per heavy atom. The zero-order chi connectivity index (χ0) is 13.9. The Kier molecular flexibility index (Phi) is 5.30. The maximum absolute atomic E-state index is 12.1. The molecule has 2 rings (SSSR count). The Hall–Kier alpha value is 0.340. The first-order valence-corrected chi connectivity index (χ1v) is 10.8. The highest BCUT2D eigenvalue weighted by molar-refractivity contribution is 7.96. The topological polar surface area (TPSA) is 54.4 Å². The minimum absolute atomic E-state index is 0.564. The molecule has 2 saturated carbocycles. The lowest BCUT2D eigenvalue weighted by Gasteiger charge is -2.45. The van der Waals surface area contributed by atoms with Crippen LogP contribution in [0.1, 0.15) is 71.1 Å². The first-order valence-electron chi connectivity index (χ1n) is 7.75. The van der Waals surface area contributed by atoms with E-state index in [1.165, 1.54) is 32.1 Å². The van der Waals surface area contributed by atoms with Crippen LogP contribution < -0.4 is 0 Å². The molecule has 0 aromatic carbocycles. The van der Waals surface area contributed by atoms with Gasteiger partial charge in [0.25, 0.3) is 10.1 Å². The van der Waals surface area contributed by atoms with Crippen LogP contribution in [0.4, 0.5) is 0 Å². The summed E-state index contributed by atoms with van der Waals surface area (Å²) in [4.78, 5) is 0. The molecule has 1 atom stereocenters. The average molecular weight is 306 g/mol. The summed E-state index contributed by atoms with van der Waals surface area (Å²) in [5.41, 5.74) is 0.564. The van der Waals surface area contributed by atoms with E-state index < -0.39 is 22.5 Å². The fourth-order valence-corrected chi connectivity index (χ4v) is 10.5. The molecular formula is C14H27O3PS. The summed E-state index contributed by atoms with van der Waals surface area (Å²) in [6.45, 7) is 2.13. The van der Waals surface area contributed by atoms with Crippen LogP contribution in [-0.2, 0) is 10.1 Å². The molecule has 2 fully saturated rings. The van der Waals surface area contributed by atoms with Gasteiger partial charge in [-0.05, 0) is 37.5 Å². The van der Waals surface area contributed by atoms with Gasteiger partial charge >= 0.3 is 0 Å². The van der Waals surface area contributed by atoms with Gasteiger partial charge in [0, 0.05) is 0 Å². The van der Waals surface area contributed by atoms with E-state index in [0.29, 0.717) is 18.5 Å². The molecule has 19 heavy (non-hydrogen) atoms. The summed E-state index contributed by atoms with van der Waals surface area (Å²) in [6, 6.07) is 0. The van der Waals surface area contributed by atoms with Crippen molar-refractivity contribution in [3.63, 3.8) is 0 Å². The molecule has 0 aromatic rings. The molecule has 0 spiro atoms. The zero-order valence-electron chi connectivity index (χ0n) is 12.0. The molecule has 1 unspecified atom stereocenters. The molecule has 2 aliphatic carbocycles.